The van der Waals surface area contributed by atoms with Crippen LogP contribution < -0.4 is 16.4 Å². The van der Waals surface area contributed by atoms with E-state index in [0.717, 1.165) is 13.0 Å². The summed E-state index contributed by atoms with van der Waals surface area (Å²) in [6.45, 7) is 2.43. The van der Waals surface area contributed by atoms with Gasteiger partial charge in [0.25, 0.3) is 5.91 Å². The van der Waals surface area contributed by atoms with Gasteiger partial charge in [-0.05, 0) is 19.9 Å². The van der Waals surface area contributed by atoms with E-state index in [0.29, 0.717) is 11.4 Å². The molecule has 0 aliphatic carbocycles. The fraction of sp³-hybridized carbons (Fsp3) is 0.357. The van der Waals surface area contributed by atoms with Crippen molar-refractivity contribution in [3.8, 4) is 11.6 Å². The highest BCUT2D eigenvalue weighted by Crippen LogP contribution is 2.20. The highest BCUT2D eigenvalue weighted by Gasteiger charge is 2.25. The summed E-state index contributed by atoms with van der Waals surface area (Å²) in [7, 11) is 0. The maximum absolute atomic E-state index is 12.1. The van der Waals surface area contributed by atoms with Gasteiger partial charge in [0.2, 0.25) is 5.89 Å². The van der Waals surface area contributed by atoms with Crippen LogP contribution >= 0.6 is 0 Å². The Morgan fingerprint density at radius 2 is 2.26 bits per heavy atom. The highest BCUT2D eigenvalue weighted by molar-refractivity contribution is 5.99. The number of amides is 1. The molecular weight excluding hydrogens is 300 g/mol. The summed E-state index contributed by atoms with van der Waals surface area (Å²) < 4.78 is 5.16. The smallest absolute Gasteiger partial charge is 0.274 e. The van der Waals surface area contributed by atoms with E-state index in [9.17, 15) is 9.59 Å². The monoisotopic (exact) mass is 316 g/mol. The van der Waals surface area contributed by atoms with Crippen LogP contribution in [0, 0.1) is 6.92 Å². The van der Waals surface area contributed by atoms with Gasteiger partial charge in [-0.25, -0.2) is 15.0 Å². The average molecular weight is 316 g/mol. The molecular formula is C14H16N6O3. The molecule has 1 atom stereocenters. The van der Waals surface area contributed by atoms with Gasteiger partial charge < -0.3 is 20.8 Å². The van der Waals surface area contributed by atoms with Crippen LogP contribution in [-0.4, -0.2) is 45.8 Å². The molecule has 0 bridgehead atoms. The van der Waals surface area contributed by atoms with E-state index in [2.05, 4.69) is 25.6 Å². The molecule has 1 fully saturated rings. The molecule has 4 N–H and O–H groups in total. The molecule has 2 aromatic rings. The molecule has 3 heterocycles. The molecule has 0 radical (unpaired) electrons. The number of hydrogen-bond acceptors (Lipinski definition) is 8. The second-order valence-electron chi connectivity index (χ2n) is 5.17. The quantitative estimate of drug-likeness (QED) is 0.683. The number of rotatable bonds is 5. The molecule has 23 heavy (non-hydrogen) atoms. The summed E-state index contributed by atoms with van der Waals surface area (Å²) in [4.78, 5) is 36.2. The first-order chi connectivity index (χ1) is 11.1. The van der Waals surface area contributed by atoms with Crippen molar-refractivity contribution >= 4 is 17.5 Å². The van der Waals surface area contributed by atoms with Gasteiger partial charge in [-0.1, -0.05) is 0 Å². The number of aryl methyl sites for hydroxylation is 1. The maximum atomic E-state index is 12.1. The van der Waals surface area contributed by atoms with Crippen LogP contribution in [0.5, 0.6) is 0 Å². The minimum Gasteiger partial charge on any atom is -0.443 e. The van der Waals surface area contributed by atoms with Crippen molar-refractivity contribution in [3.63, 3.8) is 0 Å². The first-order valence-electron chi connectivity index (χ1n) is 7.14. The lowest BCUT2D eigenvalue weighted by Gasteiger charge is -2.26. The third-order valence-electron chi connectivity index (χ3n) is 3.58. The predicted octanol–water partition coefficient (Wildman–Crippen LogP) is -0.317. The number of oxazole rings is 1. The van der Waals surface area contributed by atoms with Crippen molar-refractivity contribution in [2.45, 2.75) is 19.4 Å². The van der Waals surface area contributed by atoms with Gasteiger partial charge in [0.15, 0.2) is 17.3 Å². The van der Waals surface area contributed by atoms with Gasteiger partial charge in [-0.2, -0.15) is 0 Å². The second-order valence-corrected chi connectivity index (χ2v) is 5.17. The number of hydrogen-bond donors (Lipinski definition) is 3. The van der Waals surface area contributed by atoms with Crippen molar-refractivity contribution in [2.24, 2.45) is 0 Å². The number of nitrogens with two attached hydrogens (primary N) is 1. The van der Waals surface area contributed by atoms with E-state index in [-0.39, 0.29) is 35.8 Å². The lowest BCUT2D eigenvalue weighted by molar-refractivity contribution is -0.121. The summed E-state index contributed by atoms with van der Waals surface area (Å²) >= 11 is 0. The van der Waals surface area contributed by atoms with Crippen molar-refractivity contribution in [1.82, 2.24) is 25.6 Å². The van der Waals surface area contributed by atoms with E-state index >= 15 is 0 Å². The zero-order valence-electron chi connectivity index (χ0n) is 12.5. The zero-order chi connectivity index (χ0) is 16.4. The molecule has 3 rings (SSSR count). The van der Waals surface area contributed by atoms with Gasteiger partial charge in [-0.3, -0.25) is 9.59 Å². The molecule has 1 unspecified atom stereocenters. The van der Waals surface area contributed by atoms with Gasteiger partial charge in [0, 0.05) is 0 Å². The van der Waals surface area contributed by atoms with E-state index in [4.69, 9.17) is 10.2 Å². The summed E-state index contributed by atoms with van der Waals surface area (Å²) in [5.74, 6) is -0.371. The Bertz CT molecular complexity index is 739. The summed E-state index contributed by atoms with van der Waals surface area (Å²) in [6.07, 6.45) is 3.68. The van der Waals surface area contributed by atoms with Crippen molar-refractivity contribution < 1.29 is 14.0 Å². The minimum absolute atomic E-state index is 0.0211. The minimum atomic E-state index is -0.537. The third kappa shape index (κ3) is 3.04. The van der Waals surface area contributed by atoms with Crippen LogP contribution in [-0.2, 0) is 4.79 Å². The first-order valence-corrected chi connectivity index (χ1v) is 7.14. The van der Waals surface area contributed by atoms with Crippen LogP contribution in [0.25, 0.3) is 11.6 Å². The fourth-order valence-electron chi connectivity index (χ4n) is 2.18. The maximum Gasteiger partial charge on any atom is 0.274 e. The highest BCUT2D eigenvalue weighted by atomic mass is 16.3. The van der Waals surface area contributed by atoms with Gasteiger partial charge in [-0.15, -0.1) is 0 Å². The number of anilines is 1. The molecule has 0 saturated carbocycles. The Balaban J connectivity index is 1.73. The predicted molar refractivity (Wildman–Crippen MR) is 80.4 cm³/mol. The molecule has 1 aliphatic heterocycles. The number of nitrogens with zero attached hydrogens (tertiary/aromatic N) is 3. The molecule has 120 valence electrons. The topological polar surface area (TPSA) is 136 Å². The molecule has 1 saturated heterocycles. The average Bonchev–Trinajstić information content (AvgIpc) is 2.99. The molecule has 0 spiro atoms. The largest absolute Gasteiger partial charge is 0.443 e. The van der Waals surface area contributed by atoms with Crippen LogP contribution in [0.2, 0.25) is 0 Å². The first kappa shape index (κ1) is 15.1. The Morgan fingerprint density at radius 3 is 2.87 bits per heavy atom. The van der Waals surface area contributed by atoms with Crippen LogP contribution in [0.4, 0.5) is 5.82 Å². The van der Waals surface area contributed by atoms with E-state index in [1.165, 1.54) is 12.5 Å². The van der Waals surface area contributed by atoms with Crippen LogP contribution in [0.15, 0.2) is 16.9 Å². The number of carbonyl (C=O) groups excluding carboxylic acids is 2. The molecule has 0 aromatic carbocycles. The summed E-state index contributed by atoms with van der Waals surface area (Å²) in [5.41, 5.74) is 6.61. The van der Waals surface area contributed by atoms with Gasteiger partial charge in [0.05, 0.1) is 24.5 Å². The number of aromatic nitrogens is 3. The number of ketones is 1. The molecule has 9 nitrogen and oxygen atoms in total. The number of carbonyl (C=O) groups is 2. The lowest BCUT2D eigenvalue weighted by atomic mass is 10.0. The Hall–Kier alpha value is -2.81. The van der Waals surface area contributed by atoms with Crippen molar-refractivity contribution in [3.05, 3.63) is 23.8 Å². The number of Topliss-reactive ketones (excluding diaryl/α,β-unsaturated/α-hetero) is 1. The standard InChI is InChI=1S/C14H16N6O3/c1-7-10(14-17-4-5-23-14)20-12(15)11(19-7)13(22)18-6-9(21)8-2-3-16-8/h4-5,8,16H,2-3,6H2,1H3,(H2,15,20)(H,18,22). The Morgan fingerprint density at radius 1 is 1.48 bits per heavy atom. The normalized spacial score (nSPS) is 16.7. The van der Waals surface area contributed by atoms with Crippen molar-refractivity contribution in [2.75, 3.05) is 18.8 Å². The molecule has 1 aliphatic rings. The SMILES string of the molecule is Cc1nc(C(=O)NCC(=O)C2CCN2)c(N)nc1-c1ncco1. The Kier molecular flexibility index (Phi) is 4.02. The van der Waals surface area contributed by atoms with Crippen molar-refractivity contribution in [1.29, 1.82) is 0 Å². The van der Waals surface area contributed by atoms with Crippen LogP contribution in [0.1, 0.15) is 22.6 Å². The third-order valence-corrected chi connectivity index (χ3v) is 3.58. The van der Waals surface area contributed by atoms with E-state index < -0.39 is 5.91 Å². The molecule has 9 heteroatoms. The zero-order valence-corrected chi connectivity index (χ0v) is 12.5. The fourth-order valence-corrected chi connectivity index (χ4v) is 2.18. The van der Waals surface area contributed by atoms with Crippen LogP contribution in [0.3, 0.4) is 0 Å². The second kappa shape index (κ2) is 6.13. The number of nitrogens with one attached hydrogen (secondary N) is 2. The van der Waals surface area contributed by atoms with E-state index in [1.54, 1.807) is 6.92 Å². The van der Waals surface area contributed by atoms with Gasteiger partial charge >= 0.3 is 0 Å². The summed E-state index contributed by atoms with van der Waals surface area (Å²) in [5, 5.41) is 5.50. The lowest BCUT2D eigenvalue weighted by Crippen LogP contribution is -2.51. The number of nitrogen functional groups attached to an aromatic ring is 1. The summed E-state index contributed by atoms with van der Waals surface area (Å²) in [6, 6.07) is -0.173. The molecule has 2 aromatic heterocycles. The Labute approximate surface area is 131 Å². The van der Waals surface area contributed by atoms with E-state index in [1.807, 2.05) is 0 Å². The molecule has 1 amide bonds. The van der Waals surface area contributed by atoms with Gasteiger partial charge in [0.1, 0.15) is 12.0 Å².